The molecule has 0 unspecified atom stereocenters. The molecular formula is C25H24F2N2O4. The van der Waals surface area contributed by atoms with Crippen LogP contribution in [0.2, 0.25) is 0 Å². The number of aromatic carboxylic acids is 1. The molecule has 1 fully saturated rings. The number of carboxylic acids is 1. The summed E-state index contributed by atoms with van der Waals surface area (Å²) < 4.78 is 33.7. The maximum Gasteiger partial charge on any atom is 0.387 e. The van der Waals surface area contributed by atoms with Crippen molar-refractivity contribution in [1.82, 2.24) is 9.88 Å². The van der Waals surface area contributed by atoms with Crippen LogP contribution < -0.4 is 15.5 Å². The quantitative estimate of drug-likeness (QED) is 0.583. The van der Waals surface area contributed by atoms with E-state index in [0.29, 0.717) is 17.7 Å². The molecule has 0 amide bonds. The number of benzene rings is 2. The van der Waals surface area contributed by atoms with Gasteiger partial charge < -0.3 is 19.7 Å². The molecule has 2 heterocycles. The second-order valence-corrected chi connectivity index (χ2v) is 9.43. The van der Waals surface area contributed by atoms with Gasteiger partial charge in [-0.2, -0.15) is 8.78 Å². The average molecular weight is 454 g/mol. The van der Waals surface area contributed by atoms with E-state index >= 15 is 0 Å². The molecule has 0 saturated heterocycles. The zero-order valence-corrected chi connectivity index (χ0v) is 18.3. The summed E-state index contributed by atoms with van der Waals surface area (Å²) in [6.45, 7) is 1.81. The van der Waals surface area contributed by atoms with Gasteiger partial charge in [0, 0.05) is 29.9 Å². The van der Waals surface area contributed by atoms with E-state index in [2.05, 4.69) is 19.2 Å². The van der Waals surface area contributed by atoms with E-state index in [1.54, 1.807) is 10.6 Å². The first kappa shape index (κ1) is 21.6. The number of nitrogens with one attached hydrogen (secondary N) is 1. The summed E-state index contributed by atoms with van der Waals surface area (Å²) in [5.74, 6) is -1.45. The molecule has 2 aromatic carbocycles. The van der Waals surface area contributed by atoms with Crippen molar-refractivity contribution < 1.29 is 23.4 Å². The van der Waals surface area contributed by atoms with E-state index in [-0.39, 0.29) is 33.8 Å². The molecule has 0 radical (unpaired) electrons. The van der Waals surface area contributed by atoms with E-state index in [1.807, 2.05) is 18.2 Å². The molecule has 1 aliphatic carbocycles. The number of hydrogen-bond acceptors (Lipinski definition) is 4. The highest BCUT2D eigenvalue weighted by atomic mass is 19.3. The Morgan fingerprint density at radius 1 is 1.21 bits per heavy atom. The van der Waals surface area contributed by atoms with Gasteiger partial charge in [0.05, 0.1) is 10.9 Å². The maximum absolute atomic E-state index is 13.5. The summed E-state index contributed by atoms with van der Waals surface area (Å²) in [4.78, 5) is 24.5. The van der Waals surface area contributed by atoms with Gasteiger partial charge in [-0.05, 0) is 68.0 Å². The molecule has 2 N–H and O–H groups in total. The lowest BCUT2D eigenvalue weighted by Gasteiger charge is -2.33. The third kappa shape index (κ3) is 3.88. The zero-order valence-electron chi connectivity index (χ0n) is 18.3. The fraction of sp³-hybridized carbons (Fsp3) is 0.360. The van der Waals surface area contributed by atoms with Crippen LogP contribution >= 0.6 is 0 Å². The molecule has 0 bridgehead atoms. The van der Waals surface area contributed by atoms with Crippen molar-refractivity contribution in [2.24, 2.45) is 0 Å². The van der Waals surface area contributed by atoms with Gasteiger partial charge in [0.1, 0.15) is 5.56 Å². The second kappa shape index (κ2) is 7.66. The van der Waals surface area contributed by atoms with Gasteiger partial charge >= 0.3 is 12.6 Å². The maximum atomic E-state index is 13.5. The number of hydrogen-bond donors (Lipinski definition) is 2. The number of rotatable bonds is 5. The fourth-order valence-corrected chi connectivity index (χ4v) is 4.65. The van der Waals surface area contributed by atoms with Gasteiger partial charge in [-0.15, -0.1) is 0 Å². The van der Waals surface area contributed by atoms with Gasteiger partial charge in [-0.1, -0.05) is 12.1 Å². The molecule has 5 rings (SSSR count). The Morgan fingerprint density at radius 2 is 1.97 bits per heavy atom. The number of halogens is 2. The number of alkyl halides is 2. The smallest absolute Gasteiger partial charge is 0.387 e. The number of ether oxygens (including phenoxy) is 1. The van der Waals surface area contributed by atoms with Crippen LogP contribution in [-0.2, 0) is 13.0 Å². The summed E-state index contributed by atoms with van der Waals surface area (Å²) in [6.07, 6.45) is 3.65. The molecular weight excluding hydrogens is 430 g/mol. The Kier molecular flexibility index (Phi) is 5.01. The summed E-state index contributed by atoms with van der Waals surface area (Å²) in [6, 6.07) is 8.86. The lowest BCUT2D eigenvalue weighted by Crippen LogP contribution is -2.44. The van der Waals surface area contributed by atoms with Crippen LogP contribution in [0.5, 0.6) is 5.75 Å². The van der Waals surface area contributed by atoms with E-state index in [0.717, 1.165) is 24.8 Å². The minimum Gasteiger partial charge on any atom is -0.477 e. The molecule has 3 aromatic rings. The number of carboxylic acid groups (broad SMARTS) is 1. The standard InChI is InChI=1S/C25H24F2N2O4/c1-25(2)10-14-4-3-13(9-15(14)11-28-25)17-7-8-18-20(22(17)33-24(26)27)29(16-5-6-16)12-19(21(18)30)23(31)32/h3-4,7-9,12,16,24,28H,5-6,10-11H2,1-2H3,(H,31,32). The van der Waals surface area contributed by atoms with Crippen molar-refractivity contribution in [3.63, 3.8) is 0 Å². The predicted molar refractivity (Wildman–Crippen MR) is 120 cm³/mol. The summed E-state index contributed by atoms with van der Waals surface area (Å²) in [5, 5.41) is 13.0. The number of pyridine rings is 1. The third-order valence-electron chi connectivity index (χ3n) is 6.43. The van der Waals surface area contributed by atoms with Crippen molar-refractivity contribution >= 4 is 16.9 Å². The van der Waals surface area contributed by atoms with Gasteiger partial charge in [-0.3, -0.25) is 4.79 Å². The van der Waals surface area contributed by atoms with E-state index < -0.39 is 18.0 Å². The molecule has 6 nitrogen and oxygen atoms in total. The minimum atomic E-state index is -3.10. The van der Waals surface area contributed by atoms with Gasteiger partial charge in [0.25, 0.3) is 0 Å². The molecule has 33 heavy (non-hydrogen) atoms. The highest BCUT2D eigenvalue weighted by molar-refractivity contribution is 5.97. The first-order valence-corrected chi connectivity index (χ1v) is 10.9. The summed E-state index contributed by atoms with van der Waals surface area (Å²) in [7, 11) is 0. The monoisotopic (exact) mass is 454 g/mol. The predicted octanol–water partition coefficient (Wildman–Crippen LogP) is 4.73. The van der Waals surface area contributed by atoms with E-state index in [9.17, 15) is 23.5 Å². The van der Waals surface area contributed by atoms with Crippen molar-refractivity contribution in [2.45, 2.75) is 57.8 Å². The van der Waals surface area contributed by atoms with Gasteiger partial charge in [0.2, 0.25) is 5.43 Å². The molecule has 2 aliphatic rings. The normalized spacial score (nSPS) is 17.2. The Morgan fingerprint density at radius 3 is 2.64 bits per heavy atom. The highest BCUT2D eigenvalue weighted by Crippen LogP contribution is 2.43. The molecule has 1 saturated carbocycles. The van der Waals surface area contributed by atoms with Crippen molar-refractivity contribution in [3.8, 4) is 16.9 Å². The van der Waals surface area contributed by atoms with Crippen LogP contribution in [0.25, 0.3) is 22.0 Å². The molecule has 0 spiro atoms. The van der Waals surface area contributed by atoms with Crippen LogP contribution in [0.15, 0.2) is 41.3 Å². The lowest BCUT2D eigenvalue weighted by molar-refractivity contribution is -0.0486. The highest BCUT2D eigenvalue weighted by Gasteiger charge is 2.30. The third-order valence-corrected chi connectivity index (χ3v) is 6.43. The zero-order chi connectivity index (χ0) is 23.5. The Hall–Kier alpha value is -3.26. The van der Waals surface area contributed by atoms with Crippen molar-refractivity contribution in [2.75, 3.05) is 0 Å². The van der Waals surface area contributed by atoms with Crippen LogP contribution in [-0.4, -0.2) is 27.8 Å². The Bertz CT molecular complexity index is 1340. The summed E-state index contributed by atoms with van der Waals surface area (Å²) >= 11 is 0. The molecule has 0 atom stereocenters. The van der Waals surface area contributed by atoms with Crippen LogP contribution in [0.4, 0.5) is 8.78 Å². The van der Waals surface area contributed by atoms with Crippen LogP contribution in [0, 0.1) is 0 Å². The SMILES string of the molecule is CC1(C)Cc2ccc(-c3ccc4c(=O)c(C(=O)O)cn(C5CC5)c4c3OC(F)F)cc2CN1. The Balaban J connectivity index is 1.75. The minimum absolute atomic E-state index is 0.0242. The number of fused-ring (bicyclic) bond motifs is 2. The number of nitrogens with zero attached hydrogens (tertiary/aromatic N) is 1. The van der Waals surface area contributed by atoms with E-state index in [1.165, 1.54) is 17.8 Å². The average Bonchev–Trinajstić information content (AvgIpc) is 3.58. The fourth-order valence-electron chi connectivity index (χ4n) is 4.65. The van der Waals surface area contributed by atoms with Gasteiger partial charge in [-0.25, -0.2) is 4.79 Å². The van der Waals surface area contributed by atoms with E-state index in [4.69, 9.17) is 4.74 Å². The second-order valence-electron chi connectivity index (χ2n) is 9.43. The van der Waals surface area contributed by atoms with Crippen LogP contribution in [0.3, 0.4) is 0 Å². The number of aromatic nitrogens is 1. The van der Waals surface area contributed by atoms with Crippen molar-refractivity contribution in [1.29, 1.82) is 0 Å². The molecule has 1 aromatic heterocycles. The Labute approximate surface area is 188 Å². The largest absolute Gasteiger partial charge is 0.477 e. The first-order chi connectivity index (χ1) is 15.6. The first-order valence-electron chi connectivity index (χ1n) is 10.9. The van der Waals surface area contributed by atoms with Crippen LogP contribution in [0.1, 0.15) is 54.2 Å². The van der Waals surface area contributed by atoms with Gasteiger partial charge in [0.15, 0.2) is 5.75 Å². The number of carbonyl (C=O) groups is 1. The van der Waals surface area contributed by atoms with Crippen molar-refractivity contribution in [3.05, 3.63) is 63.4 Å². The molecule has 8 heteroatoms. The topological polar surface area (TPSA) is 80.6 Å². The molecule has 172 valence electrons. The molecule has 1 aliphatic heterocycles. The lowest BCUT2D eigenvalue weighted by atomic mass is 9.86. The summed E-state index contributed by atoms with van der Waals surface area (Å²) in [5.41, 5.74) is 2.50.